The van der Waals surface area contributed by atoms with Crippen molar-refractivity contribution in [2.45, 2.75) is 47.3 Å². The van der Waals surface area contributed by atoms with Crippen LogP contribution in [0.5, 0.6) is 0 Å². The highest BCUT2D eigenvalue weighted by molar-refractivity contribution is 7.92. The van der Waals surface area contributed by atoms with Crippen LogP contribution in [0.3, 0.4) is 0 Å². The molecule has 0 bridgehead atoms. The predicted octanol–water partition coefficient (Wildman–Crippen LogP) is 4.75. The molecule has 45 heavy (non-hydrogen) atoms. The number of amides is 4. The van der Waals surface area contributed by atoms with E-state index >= 15 is 0 Å². The Morgan fingerprint density at radius 1 is 0.556 bits per heavy atom. The van der Waals surface area contributed by atoms with Crippen LogP contribution in [-0.4, -0.2) is 37.3 Å². The Morgan fingerprint density at radius 3 is 1.22 bits per heavy atom. The van der Waals surface area contributed by atoms with Crippen molar-refractivity contribution >= 4 is 53.3 Å². The Balaban J connectivity index is 1.38. The van der Waals surface area contributed by atoms with Crippen molar-refractivity contribution < 1.29 is 34.8 Å². The third kappa shape index (κ3) is 6.27. The van der Waals surface area contributed by atoms with Gasteiger partial charge in [-0.05, 0) is 87.4 Å². The summed E-state index contributed by atoms with van der Waals surface area (Å²) >= 11 is 0. The number of nitrogens with one attached hydrogen (secondary N) is 4. The number of aryl methyl sites for hydroxylation is 4. The largest absolute Gasteiger partial charge is 0.333 e. The topological polar surface area (TPSA) is 185 Å². The number of sulfone groups is 1. The summed E-state index contributed by atoms with van der Waals surface area (Å²) in [7, 11) is -12.5. The maximum Gasteiger partial charge on any atom is 0.333 e. The number of benzene rings is 4. The molecule has 15 heteroatoms. The first kappa shape index (κ1) is 31.7. The van der Waals surface area contributed by atoms with Crippen LogP contribution < -0.4 is 20.1 Å². The van der Waals surface area contributed by atoms with E-state index in [2.05, 4.69) is 10.6 Å². The summed E-state index contributed by atoms with van der Waals surface area (Å²) in [5, 5.41) is 4.83. The minimum Gasteiger partial charge on any atom is -0.307 e. The van der Waals surface area contributed by atoms with Crippen LogP contribution in [0, 0.1) is 27.7 Å². The average molecular weight is 669 g/mol. The Labute approximate surface area is 260 Å². The van der Waals surface area contributed by atoms with Crippen molar-refractivity contribution in [2.75, 3.05) is 10.6 Å². The highest BCUT2D eigenvalue weighted by Crippen LogP contribution is 2.47. The quantitative estimate of drug-likeness (QED) is 0.200. The molecule has 4 aromatic rings. The molecular formula is C30H28N4O8S3. The Morgan fingerprint density at radius 2 is 0.889 bits per heavy atom. The molecule has 5 rings (SSSR count). The molecule has 4 aromatic carbocycles. The van der Waals surface area contributed by atoms with Crippen molar-refractivity contribution in [3.63, 3.8) is 0 Å². The van der Waals surface area contributed by atoms with Gasteiger partial charge >= 0.3 is 12.1 Å². The predicted molar refractivity (Wildman–Crippen MR) is 168 cm³/mol. The molecule has 4 N–H and O–H groups in total. The van der Waals surface area contributed by atoms with Crippen LogP contribution in [0.4, 0.5) is 21.0 Å². The van der Waals surface area contributed by atoms with Gasteiger partial charge in [-0.1, -0.05) is 35.4 Å². The van der Waals surface area contributed by atoms with Gasteiger partial charge in [-0.15, -0.1) is 0 Å². The summed E-state index contributed by atoms with van der Waals surface area (Å²) in [4.78, 5) is 24.8. The molecule has 0 saturated carbocycles. The Bertz CT molecular complexity index is 2060. The van der Waals surface area contributed by atoms with Crippen molar-refractivity contribution in [1.82, 2.24) is 9.44 Å². The van der Waals surface area contributed by atoms with E-state index in [-0.39, 0.29) is 31.0 Å². The van der Waals surface area contributed by atoms with Crippen LogP contribution in [0.15, 0.2) is 92.4 Å². The van der Waals surface area contributed by atoms with Crippen LogP contribution in [0.2, 0.25) is 0 Å². The number of hydrogen-bond donors (Lipinski definition) is 4. The summed E-state index contributed by atoms with van der Waals surface area (Å²) in [5.41, 5.74) is 3.42. The molecule has 0 saturated heterocycles. The lowest BCUT2D eigenvalue weighted by atomic mass is 10.00. The molecule has 0 radical (unpaired) electrons. The van der Waals surface area contributed by atoms with Gasteiger partial charge in [0.15, 0.2) is 0 Å². The lowest BCUT2D eigenvalue weighted by molar-refractivity contribution is 0.255. The van der Waals surface area contributed by atoms with E-state index in [0.717, 1.165) is 11.1 Å². The van der Waals surface area contributed by atoms with Crippen LogP contribution in [0.25, 0.3) is 11.1 Å². The number of urea groups is 2. The molecule has 0 aromatic heterocycles. The summed E-state index contributed by atoms with van der Waals surface area (Å²) in [5.74, 6) is 0. The van der Waals surface area contributed by atoms with Crippen LogP contribution >= 0.6 is 0 Å². The Kier molecular flexibility index (Phi) is 7.97. The van der Waals surface area contributed by atoms with Gasteiger partial charge in [0.2, 0.25) is 9.84 Å². The Hall–Kier alpha value is -4.73. The van der Waals surface area contributed by atoms with Gasteiger partial charge in [-0.2, -0.15) is 0 Å². The lowest BCUT2D eigenvalue weighted by Crippen LogP contribution is -2.34. The molecule has 12 nitrogen and oxygen atoms in total. The van der Waals surface area contributed by atoms with E-state index in [0.29, 0.717) is 22.3 Å². The molecule has 4 amide bonds. The zero-order valence-electron chi connectivity index (χ0n) is 24.4. The van der Waals surface area contributed by atoms with Crippen molar-refractivity contribution in [2.24, 2.45) is 0 Å². The molecule has 1 heterocycles. The van der Waals surface area contributed by atoms with E-state index in [1.165, 1.54) is 36.4 Å². The van der Waals surface area contributed by atoms with Gasteiger partial charge in [-0.3, -0.25) is 0 Å². The van der Waals surface area contributed by atoms with Gasteiger partial charge in [0.1, 0.15) is 0 Å². The zero-order valence-corrected chi connectivity index (χ0v) is 26.9. The number of fused-ring (bicyclic) bond motifs is 3. The number of carbonyl (C=O) groups excluding carboxylic acids is 2. The first-order valence-corrected chi connectivity index (χ1v) is 17.8. The van der Waals surface area contributed by atoms with Crippen molar-refractivity contribution in [3.8, 4) is 11.1 Å². The maximum atomic E-state index is 13.6. The maximum absolute atomic E-state index is 13.6. The van der Waals surface area contributed by atoms with E-state index in [9.17, 15) is 34.8 Å². The van der Waals surface area contributed by atoms with Crippen molar-refractivity contribution in [3.05, 3.63) is 95.1 Å². The normalized spacial score (nSPS) is 13.3. The average Bonchev–Trinajstić information content (AvgIpc) is 3.13. The minimum atomic E-state index is -4.19. The van der Waals surface area contributed by atoms with E-state index < -0.39 is 41.9 Å². The van der Waals surface area contributed by atoms with Crippen LogP contribution in [-0.2, 0) is 29.9 Å². The molecular weight excluding hydrogens is 641 g/mol. The molecule has 1 aliphatic rings. The highest BCUT2D eigenvalue weighted by Gasteiger charge is 2.35. The first-order valence-electron chi connectivity index (χ1n) is 13.3. The monoisotopic (exact) mass is 668 g/mol. The number of carbonyl (C=O) groups is 2. The SMILES string of the molecule is Cc1ccc(S(=O)(=O)NC(=O)Nc2cc3c(cc2C)-c2cc(C)c(NC(=O)NS(=O)(=O)c4ccc(C)cc4)cc2S3(=O)=O)cc1. The van der Waals surface area contributed by atoms with Gasteiger partial charge in [-0.25, -0.2) is 44.3 Å². The lowest BCUT2D eigenvalue weighted by Gasteiger charge is -2.13. The van der Waals surface area contributed by atoms with Gasteiger partial charge < -0.3 is 10.6 Å². The third-order valence-corrected chi connectivity index (χ3v) is 11.7. The first-order chi connectivity index (χ1) is 21.0. The fourth-order valence-electron chi connectivity index (χ4n) is 4.72. The molecule has 0 spiro atoms. The van der Waals surface area contributed by atoms with E-state index in [1.54, 1.807) is 64.1 Å². The van der Waals surface area contributed by atoms with Crippen LogP contribution in [0.1, 0.15) is 22.3 Å². The standard InChI is InChI=1S/C30H28N4O8S3/c1-17-5-9-21(10-6-17)44(39,40)33-29(35)31-25-15-27-23(13-19(25)3)24-14-20(4)26(16-28(24)43(27,37)38)32-30(36)34-45(41,42)22-11-7-18(2)8-12-22/h5-16H,1-4H3,(H2,31,33,35)(H2,32,34,36). The fourth-order valence-corrected chi connectivity index (χ4v) is 8.24. The second kappa shape index (κ2) is 11.3. The number of sulfonamides is 2. The second-order valence-corrected chi connectivity index (χ2v) is 15.8. The zero-order chi connectivity index (χ0) is 32.9. The molecule has 0 atom stereocenters. The number of hydrogen-bond acceptors (Lipinski definition) is 8. The number of rotatable bonds is 6. The van der Waals surface area contributed by atoms with Gasteiger partial charge in [0.05, 0.1) is 19.6 Å². The fraction of sp³-hybridized carbons (Fsp3) is 0.133. The molecule has 234 valence electrons. The molecule has 0 fully saturated rings. The van der Waals surface area contributed by atoms with E-state index in [4.69, 9.17) is 0 Å². The summed E-state index contributed by atoms with van der Waals surface area (Å²) in [6.07, 6.45) is 0. The molecule has 1 aliphatic heterocycles. The summed E-state index contributed by atoms with van der Waals surface area (Å²) in [6, 6.07) is 15.2. The minimum absolute atomic E-state index is 0.0671. The number of anilines is 2. The highest BCUT2D eigenvalue weighted by atomic mass is 32.2. The molecule has 0 aliphatic carbocycles. The van der Waals surface area contributed by atoms with Gasteiger partial charge in [0.25, 0.3) is 20.0 Å². The second-order valence-electron chi connectivity index (χ2n) is 10.6. The third-order valence-electron chi connectivity index (χ3n) is 7.14. The van der Waals surface area contributed by atoms with E-state index in [1.807, 2.05) is 9.44 Å². The summed E-state index contributed by atoms with van der Waals surface area (Å²) in [6.45, 7) is 6.82. The van der Waals surface area contributed by atoms with Crippen molar-refractivity contribution in [1.29, 1.82) is 0 Å². The molecule has 0 unspecified atom stereocenters. The summed E-state index contributed by atoms with van der Waals surface area (Å²) < 4.78 is 81.6. The van der Waals surface area contributed by atoms with Gasteiger partial charge in [0, 0.05) is 22.5 Å². The smallest absolute Gasteiger partial charge is 0.307 e.